The fourth-order valence-electron chi connectivity index (χ4n) is 4.16. The molecule has 1 atom stereocenters. The number of benzene rings is 3. The number of nitrogens with one attached hydrogen (secondary N) is 2. The number of amides is 2. The van der Waals surface area contributed by atoms with Gasteiger partial charge in [-0.3, -0.25) is 4.79 Å². The largest absolute Gasteiger partial charge is 0.478 e. The lowest BCUT2D eigenvalue weighted by Crippen LogP contribution is -2.47. The number of carboxylic acids is 1. The van der Waals surface area contributed by atoms with Gasteiger partial charge in [0.1, 0.15) is 12.6 Å². The maximum Gasteiger partial charge on any atom is 0.407 e. The Morgan fingerprint density at radius 1 is 1.00 bits per heavy atom. The van der Waals surface area contributed by atoms with Gasteiger partial charge in [0.25, 0.3) is 0 Å². The van der Waals surface area contributed by atoms with E-state index in [-0.39, 0.29) is 30.4 Å². The van der Waals surface area contributed by atoms with Crippen molar-refractivity contribution in [2.45, 2.75) is 12.0 Å². The van der Waals surface area contributed by atoms with Gasteiger partial charge < -0.3 is 25.2 Å². The van der Waals surface area contributed by atoms with Gasteiger partial charge >= 0.3 is 12.1 Å². The SMILES string of the molecule is COCC(NC(=O)OCC1c2ccccc2-c2ccccc21)C(=O)Nc1cc(Br)ccc1C(=O)O. The van der Waals surface area contributed by atoms with Gasteiger partial charge in [0.15, 0.2) is 0 Å². The molecule has 3 N–H and O–H groups in total. The summed E-state index contributed by atoms with van der Waals surface area (Å²) in [5.41, 5.74) is 4.37. The third-order valence-corrected chi connectivity index (χ3v) is 6.25. The maximum atomic E-state index is 12.8. The first-order chi connectivity index (χ1) is 16.9. The molecule has 0 radical (unpaired) electrons. The zero-order valence-corrected chi connectivity index (χ0v) is 20.4. The minimum absolute atomic E-state index is 0.0844. The molecular weight excluding hydrogens is 516 g/mol. The van der Waals surface area contributed by atoms with E-state index < -0.39 is 24.0 Å². The molecule has 0 saturated carbocycles. The predicted octanol–water partition coefficient (Wildman–Crippen LogP) is 4.64. The molecule has 0 bridgehead atoms. The molecule has 3 aromatic carbocycles. The molecule has 0 spiro atoms. The van der Waals surface area contributed by atoms with Gasteiger partial charge in [-0.05, 0) is 40.5 Å². The van der Waals surface area contributed by atoms with Crippen LogP contribution < -0.4 is 10.6 Å². The molecule has 4 rings (SSSR count). The number of rotatable bonds is 8. The van der Waals surface area contributed by atoms with E-state index in [0.717, 1.165) is 22.3 Å². The first kappa shape index (κ1) is 24.4. The Hall–Kier alpha value is -3.69. The number of carboxylic acid groups (broad SMARTS) is 1. The normalized spacial score (nSPS) is 12.9. The summed E-state index contributed by atoms with van der Waals surface area (Å²) in [6.07, 6.45) is -0.781. The van der Waals surface area contributed by atoms with Crippen molar-refractivity contribution >= 4 is 39.6 Å². The van der Waals surface area contributed by atoms with E-state index in [1.54, 1.807) is 6.07 Å². The number of ether oxygens (including phenoxy) is 2. The van der Waals surface area contributed by atoms with E-state index in [1.807, 2.05) is 48.5 Å². The Labute approximate surface area is 210 Å². The van der Waals surface area contributed by atoms with Gasteiger partial charge in [-0.15, -0.1) is 0 Å². The molecule has 35 heavy (non-hydrogen) atoms. The Morgan fingerprint density at radius 3 is 2.23 bits per heavy atom. The first-order valence-corrected chi connectivity index (χ1v) is 11.6. The Morgan fingerprint density at radius 2 is 1.63 bits per heavy atom. The molecule has 1 aliphatic rings. The predicted molar refractivity (Wildman–Crippen MR) is 134 cm³/mol. The van der Waals surface area contributed by atoms with Crippen LogP contribution in [0.15, 0.2) is 71.2 Å². The fourth-order valence-corrected chi connectivity index (χ4v) is 4.52. The van der Waals surface area contributed by atoms with Crippen LogP contribution in [0.3, 0.4) is 0 Å². The molecule has 8 nitrogen and oxygen atoms in total. The highest BCUT2D eigenvalue weighted by Gasteiger charge is 2.30. The Bertz CT molecular complexity index is 1230. The van der Waals surface area contributed by atoms with Gasteiger partial charge in [-0.25, -0.2) is 9.59 Å². The number of hydrogen-bond acceptors (Lipinski definition) is 5. The van der Waals surface area contributed by atoms with E-state index in [1.165, 1.54) is 19.2 Å². The number of methoxy groups -OCH3 is 1. The zero-order chi connectivity index (χ0) is 24.9. The van der Waals surface area contributed by atoms with Crippen LogP contribution in [0.4, 0.5) is 10.5 Å². The average molecular weight is 539 g/mol. The fraction of sp³-hybridized carbons (Fsp3) is 0.192. The maximum absolute atomic E-state index is 12.8. The van der Waals surface area contributed by atoms with Crippen LogP contribution >= 0.6 is 15.9 Å². The Balaban J connectivity index is 1.43. The highest BCUT2D eigenvalue weighted by molar-refractivity contribution is 9.10. The summed E-state index contributed by atoms with van der Waals surface area (Å²) in [5.74, 6) is -1.95. The van der Waals surface area contributed by atoms with Crippen molar-refractivity contribution in [3.05, 3.63) is 87.9 Å². The van der Waals surface area contributed by atoms with Crippen LogP contribution in [-0.4, -0.2) is 49.4 Å². The second-order valence-electron chi connectivity index (χ2n) is 7.96. The number of hydrogen-bond donors (Lipinski definition) is 3. The van der Waals surface area contributed by atoms with Crippen LogP contribution in [-0.2, 0) is 14.3 Å². The first-order valence-electron chi connectivity index (χ1n) is 10.8. The van der Waals surface area contributed by atoms with Gasteiger partial charge in [0.2, 0.25) is 5.91 Å². The van der Waals surface area contributed by atoms with Gasteiger partial charge in [-0.1, -0.05) is 64.5 Å². The molecule has 0 saturated heterocycles. The second kappa shape index (κ2) is 10.7. The van der Waals surface area contributed by atoms with Crippen molar-refractivity contribution in [3.63, 3.8) is 0 Å². The summed E-state index contributed by atoms with van der Waals surface area (Å²) >= 11 is 3.26. The summed E-state index contributed by atoms with van der Waals surface area (Å²) < 4.78 is 11.2. The number of carbonyl (C=O) groups is 3. The topological polar surface area (TPSA) is 114 Å². The van der Waals surface area contributed by atoms with Crippen molar-refractivity contribution in [3.8, 4) is 11.1 Å². The summed E-state index contributed by atoms with van der Waals surface area (Å²) in [6.45, 7) is -0.0393. The Kier molecular flexibility index (Phi) is 7.48. The van der Waals surface area contributed by atoms with E-state index in [4.69, 9.17) is 9.47 Å². The standard InChI is InChI=1S/C26H23BrN2O6/c1-34-14-23(24(30)28-22-12-15(27)10-11-20(22)25(31)32)29-26(33)35-13-21-18-8-4-2-6-16(18)17-7-3-5-9-19(17)21/h2-12,21,23H,13-14H2,1H3,(H,28,30)(H,29,33)(H,31,32). The van der Waals surface area contributed by atoms with Gasteiger partial charge in [0.05, 0.1) is 17.9 Å². The van der Waals surface area contributed by atoms with Gasteiger partial charge in [-0.2, -0.15) is 0 Å². The molecule has 0 aromatic heterocycles. The van der Waals surface area contributed by atoms with E-state index in [9.17, 15) is 19.5 Å². The summed E-state index contributed by atoms with van der Waals surface area (Å²) in [4.78, 5) is 37.0. The number of anilines is 1. The lowest BCUT2D eigenvalue weighted by atomic mass is 9.98. The van der Waals surface area contributed by atoms with Crippen LogP contribution in [0.1, 0.15) is 27.4 Å². The molecule has 3 aromatic rings. The molecular formula is C26H23BrN2O6. The third kappa shape index (κ3) is 5.36. The molecule has 180 valence electrons. The van der Waals surface area contributed by atoms with E-state index >= 15 is 0 Å². The zero-order valence-electron chi connectivity index (χ0n) is 18.8. The van der Waals surface area contributed by atoms with Crippen LogP contribution in [0.2, 0.25) is 0 Å². The van der Waals surface area contributed by atoms with Crippen LogP contribution in [0.25, 0.3) is 11.1 Å². The second-order valence-corrected chi connectivity index (χ2v) is 8.88. The molecule has 0 fully saturated rings. The molecule has 0 aliphatic heterocycles. The van der Waals surface area contributed by atoms with Crippen LogP contribution in [0, 0.1) is 0 Å². The molecule has 9 heteroatoms. The minimum atomic E-state index is -1.19. The lowest BCUT2D eigenvalue weighted by molar-refractivity contribution is -0.119. The lowest BCUT2D eigenvalue weighted by Gasteiger charge is -2.20. The monoisotopic (exact) mass is 538 g/mol. The van der Waals surface area contributed by atoms with Crippen LogP contribution in [0.5, 0.6) is 0 Å². The van der Waals surface area contributed by atoms with Crippen molar-refractivity contribution < 1.29 is 29.0 Å². The number of fused-ring (bicyclic) bond motifs is 3. The van der Waals surface area contributed by atoms with Crippen molar-refractivity contribution in [1.29, 1.82) is 0 Å². The smallest absolute Gasteiger partial charge is 0.407 e. The molecule has 1 unspecified atom stereocenters. The number of alkyl carbamates (subject to hydrolysis) is 1. The minimum Gasteiger partial charge on any atom is -0.478 e. The molecule has 0 heterocycles. The van der Waals surface area contributed by atoms with Crippen molar-refractivity contribution in [2.75, 3.05) is 25.6 Å². The van der Waals surface area contributed by atoms with Gasteiger partial charge in [0, 0.05) is 17.5 Å². The van der Waals surface area contributed by atoms with Crippen molar-refractivity contribution in [1.82, 2.24) is 5.32 Å². The summed E-state index contributed by atoms with van der Waals surface area (Å²) in [7, 11) is 1.39. The third-order valence-electron chi connectivity index (χ3n) is 5.76. The van der Waals surface area contributed by atoms with Crippen molar-refractivity contribution in [2.24, 2.45) is 0 Å². The number of halogens is 1. The summed E-state index contributed by atoms with van der Waals surface area (Å²) in [6, 6.07) is 19.2. The molecule has 1 aliphatic carbocycles. The quantitative estimate of drug-likeness (QED) is 0.385. The highest BCUT2D eigenvalue weighted by Crippen LogP contribution is 2.44. The number of aromatic carboxylic acids is 1. The highest BCUT2D eigenvalue weighted by atomic mass is 79.9. The average Bonchev–Trinajstić information content (AvgIpc) is 3.16. The summed E-state index contributed by atoms with van der Waals surface area (Å²) in [5, 5.41) is 14.5. The number of carbonyl (C=O) groups excluding carboxylic acids is 2. The molecule has 2 amide bonds. The van der Waals surface area contributed by atoms with E-state index in [2.05, 4.69) is 26.6 Å². The van der Waals surface area contributed by atoms with E-state index in [0.29, 0.717) is 4.47 Å².